The van der Waals surface area contributed by atoms with E-state index in [2.05, 4.69) is 73.3 Å². The fourth-order valence-corrected chi connectivity index (χ4v) is 2.66. The summed E-state index contributed by atoms with van der Waals surface area (Å²) in [7, 11) is 0. The summed E-state index contributed by atoms with van der Waals surface area (Å²) in [5.41, 5.74) is 1.42. The zero-order chi connectivity index (χ0) is 13.7. The van der Waals surface area contributed by atoms with Crippen LogP contribution in [0, 0.1) is 0 Å². The van der Waals surface area contributed by atoms with Crippen LogP contribution in [-0.2, 0) is 6.42 Å². The fourth-order valence-electron chi connectivity index (χ4n) is 2.66. The topological polar surface area (TPSA) is 6.48 Å². The first-order valence-electron chi connectivity index (χ1n) is 7.47. The molecule has 1 aromatic rings. The zero-order valence-corrected chi connectivity index (χ0v) is 12.4. The van der Waals surface area contributed by atoms with Gasteiger partial charge in [0.15, 0.2) is 0 Å². The Morgan fingerprint density at radius 3 is 2.47 bits per heavy atom. The molecule has 2 nitrogen and oxygen atoms in total. The highest BCUT2D eigenvalue weighted by Crippen LogP contribution is 2.22. The number of nitrogens with zero attached hydrogens (tertiary/aromatic N) is 2. The molecule has 0 aromatic heterocycles. The summed E-state index contributed by atoms with van der Waals surface area (Å²) < 4.78 is 0. The van der Waals surface area contributed by atoms with E-state index in [1.807, 2.05) is 0 Å². The maximum absolute atomic E-state index is 2.50. The third-order valence-corrected chi connectivity index (χ3v) is 3.78. The molecule has 1 unspecified atom stereocenters. The van der Waals surface area contributed by atoms with Crippen molar-refractivity contribution in [3.8, 4) is 0 Å². The molecule has 1 atom stereocenters. The second-order valence-electron chi connectivity index (χ2n) is 5.60. The van der Waals surface area contributed by atoms with Gasteiger partial charge >= 0.3 is 0 Å². The summed E-state index contributed by atoms with van der Waals surface area (Å²) in [6.45, 7) is 7.96. The first-order chi connectivity index (χ1) is 9.22. The molecule has 0 amide bonds. The van der Waals surface area contributed by atoms with Crippen molar-refractivity contribution < 1.29 is 0 Å². The van der Waals surface area contributed by atoms with Gasteiger partial charge in [0.05, 0.1) is 0 Å². The average molecular weight is 258 g/mol. The van der Waals surface area contributed by atoms with Crippen molar-refractivity contribution in [2.45, 2.75) is 52.2 Å². The van der Waals surface area contributed by atoms with Gasteiger partial charge in [-0.2, -0.15) is 0 Å². The maximum atomic E-state index is 2.50. The molecule has 1 aromatic carbocycles. The van der Waals surface area contributed by atoms with E-state index in [0.29, 0.717) is 12.2 Å². The zero-order valence-electron chi connectivity index (χ0n) is 12.4. The lowest BCUT2D eigenvalue weighted by Crippen LogP contribution is -2.43. The summed E-state index contributed by atoms with van der Waals surface area (Å²) in [5, 5.41) is 0. The van der Waals surface area contributed by atoms with E-state index < -0.39 is 0 Å². The molecule has 0 bridgehead atoms. The van der Waals surface area contributed by atoms with E-state index in [4.69, 9.17) is 0 Å². The van der Waals surface area contributed by atoms with Crippen LogP contribution >= 0.6 is 0 Å². The number of hydrogen-bond acceptors (Lipinski definition) is 2. The Kier molecular flexibility index (Phi) is 4.89. The highest BCUT2D eigenvalue weighted by Gasteiger charge is 2.27. The van der Waals surface area contributed by atoms with Gasteiger partial charge in [-0.1, -0.05) is 43.7 Å². The normalized spacial score (nSPS) is 18.6. The van der Waals surface area contributed by atoms with Gasteiger partial charge in [0.25, 0.3) is 0 Å². The van der Waals surface area contributed by atoms with Crippen molar-refractivity contribution in [3.05, 3.63) is 48.3 Å². The minimum absolute atomic E-state index is 0.481. The summed E-state index contributed by atoms with van der Waals surface area (Å²) in [6, 6.07) is 11.4. The third kappa shape index (κ3) is 3.52. The quantitative estimate of drug-likeness (QED) is 0.764. The second-order valence-corrected chi connectivity index (χ2v) is 5.60. The Hall–Kier alpha value is -1.44. The van der Waals surface area contributed by atoms with Gasteiger partial charge in [0, 0.05) is 31.4 Å². The first-order valence-corrected chi connectivity index (χ1v) is 7.47. The highest BCUT2D eigenvalue weighted by atomic mass is 15.4. The minimum Gasteiger partial charge on any atom is -0.356 e. The molecule has 0 saturated carbocycles. The Morgan fingerprint density at radius 1 is 1.11 bits per heavy atom. The van der Waals surface area contributed by atoms with Crippen LogP contribution in [0.25, 0.3) is 0 Å². The predicted octanol–water partition coefficient (Wildman–Crippen LogP) is 3.85. The molecule has 0 N–H and O–H groups in total. The standard InChI is InChI=1S/C17H26N2/c1-4-5-11-18-12-13-19(15(2)3)17(18)14-16-9-7-6-8-10-16/h6-10,12-13,15,17H,4-5,11,14H2,1-3H3. The molecule has 2 heteroatoms. The lowest BCUT2D eigenvalue weighted by atomic mass is 10.1. The molecule has 0 spiro atoms. The third-order valence-electron chi connectivity index (χ3n) is 3.78. The highest BCUT2D eigenvalue weighted by molar-refractivity contribution is 5.17. The lowest BCUT2D eigenvalue weighted by molar-refractivity contribution is 0.125. The molecule has 1 aliphatic heterocycles. The molecule has 0 radical (unpaired) electrons. The van der Waals surface area contributed by atoms with Crippen LogP contribution < -0.4 is 0 Å². The van der Waals surface area contributed by atoms with E-state index in [9.17, 15) is 0 Å². The molecule has 104 valence electrons. The number of hydrogen-bond donors (Lipinski definition) is 0. The van der Waals surface area contributed by atoms with Crippen LogP contribution in [0.5, 0.6) is 0 Å². The molecule has 2 rings (SSSR count). The largest absolute Gasteiger partial charge is 0.356 e. The molecule has 0 fully saturated rings. The van der Waals surface area contributed by atoms with Crippen molar-refractivity contribution in [2.24, 2.45) is 0 Å². The summed E-state index contributed by atoms with van der Waals surface area (Å²) >= 11 is 0. The first kappa shape index (κ1) is 14.0. The maximum Gasteiger partial charge on any atom is 0.105 e. The van der Waals surface area contributed by atoms with Crippen LogP contribution in [0.1, 0.15) is 39.2 Å². The molecule has 1 aliphatic rings. The molecule has 0 aliphatic carbocycles. The average Bonchev–Trinajstić information content (AvgIpc) is 2.80. The SMILES string of the molecule is CCCCN1C=CN(C(C)C)C1Cc1ccccc1. The van der Waals surface area contributed by atoms with Crippen LogP contribution in [-0.4, -0.2) is 28.6 Å². The molecular formula is C17H26N2. The molecule has 19 heavy (non-hydrogen) atoms. The predicted molar refractivity (Wildman–Crippen MR) is 81.7 cm³/mol. The van der Waals surface area contributed by atoms with Gasteiger partial charge in [0.1, 0.15) is 6.17 Å². The number of unbranched alkanes of at least 4 members (excludes halogenated alkanes) is 1. The van der Waals surface area contributed by atoms with Gasteiger partial charge in [-0.15, -0.1) is 0 Å². The van der Waals surface area contributed by atoms with Gasteiger partial charge < -0.3 is 9.80 Å². The summed E-state index contributed by atoms with van der Waals surface area (Å²) in [5.74, 6) is 0. The van der Waals surface area contributed by atoms with Gasteiger partial charge in [0.2, 0.25) is 0 Å². The van der Waals surface area contributed by atoms with Crippen molar-refractivity contribution in [2.75, 3.05) is 6.54 Å². The molecule has 0 saturated heterocycles. The summed E-state index contributed by atoms with van der Waals surface area (Å²) in [6.07, 6.45) is 8.62. The van der Waals surface area contributed by atoms with E-state index in [1.165, 1.54) is 18.4 Å². The van der Waals surface area contributed by atoms with E-state index in [-0.39, 0.29) is 0 Å². The van der Waals surface area contributed by atoms with Gasteiger partial charge in [-0.05, 0) is 25.8 Å². The van der Waals surface area contributed by atoms with Crippen LogP contribution in [0.15, 0.2) is 42.7 Å². The van der Waals surface area contributed by atoms with Crippen LogP contribution in [0.4, 0.5) is 0 Å². The van der Waals surface area contributed by atoms with Crippen LogP contribution in [0.2, 0.25) is 0 Å². The smallest absolute Gasteiger partial charge is 0.105 e. The fraction of sp³-hybridized carbons (Fsp3) is 0.529. The van der Waals surface area contributed by atoms with Crippen molar-refractivity contribution in [1.82, 2.24) is 9.80 Å². The number of rotatable bonds is 6. The van der Waals surface area contributed by atoms with Crippen molar-refractivity contribution >= 4 is 0 Å². The molecule has 1 heterocycles. The Labute approximate surface area is 117 Å². The van der Waals surface area contributed by atoms with Crippen molar-refractivity contribution in [1.29, 1.82) is 0 Å². The van der Waals surface area contributed by atoms with E-state index in [1.54, 1.807) is 0 Å². The number of benzene rings is 1. The Balaban J connectivity index is 2.07. The van der Waals surface area contributed by atoms with Gasteiger partial charge in [-0.3, -0.25) is 0 Å². The van der Waals surface area contributed by atoms with Crippen LogP contribution in [0.3, 0.4) is 0 Å². The van der Waals surface area contributed by atoms with E-state index in [0.717, 1.165) is 13.0 Å². The second kappa shape index (κ2) is 6.65. The molecular weight excluding hydrogens is 232 g/mol. The Bertz CT molecular complexity index is 397. The van der Waals surface area contributed by atoms with Crippen molar-refractivity contribution in [3.63, 3.8) is 0 Å². The lowest BCUT2D eigenvalue weighted by Gasteiger charge is -2.35. The summed E-state index contributed by atoms with van der Waals surface area (Å²) in [4.78, 5) is 4.97. The van der Waals surface area contributed by atoms with Gasteiger partial charge in [-0.25, -0.2) is 0 Å². The monoisotopic (exact) mass is 258 g/mol. The Morgan fingerprint density at radius 2 is 1.84 bits per heavy atom. The minimum atomic E-state index is 0.481. The van der Waals surface area contributed by atoms with E-state index >= 15 is 0 Å².